The van der Waals surface area contributed by atoms with Gasteiger partial charge in [-0.3, -0.25) is 14.5 Å². The van der Waals surface area contributed by atoms with Gasteiger partial charge in [0.05, 0.1) is 11.1 Å². The third-order valence-electron chi connectivity index (χ3n) is 17.0. The lowest BCUT2D eigenvalue weighted by molar-refractivity contribution is -0.150. The molecule has 0 radical (unpaired) electrons. The van der Waals surface area contributed by atoms with Gasteiger partial charge < -0.3 is 35.3 Å². The van der Waals surface area contributed by atoms with Crippen molar-refractivity contribution in [2.75, 3.05) is 59.4 Å². The number of piperidine rings is 2. The minimum atomic E-state index is -4.35. The molecule has 65 heavy (non-hydrogen) atoms. The fourth-order valence-corrected chi connectivity index (χ4v) is 13.2. The van der Waals surface area contributed by atoms with Gasteiger partial charge in [-0.1, -0.05) is 13.8 Å². The Morgan fingerprint density at radius 2 is 1.22 bits per heavy atom. The van der Waals surface area contributed by atoms with E-state index in [0.29, 0.717) is 60.1 Å². The average Bonchev–Trinajstić information content (AvgIpc) is 4.06. The van der Waals surface area contributed by atoms with Gasteiger partial charge >= 0.3 is 24.3 Å². The van der Waals surface area contributed by atoms with Crippen molar-refractivity contribution in [3.8, 4) is 0 Å². The van der Waals surface area contributed by atoms with E-state index in [1.165, 1.54) is 12.1 Å². The lowest BCUT2D eigenvalue weighted by Gasteiger charge is -2.45. The molecule has 2 aromatic carbocycles. The summed E-state index contributed by atoms with van der Waals surface area (Å²) in [6, 6.07) is 8.02. The lowest BCUT2D eigenvalue weighted by atomic mass is 9.68. The number of rotatable bonds is 8. The maximum Gasteiger partial charge on any atom is 0.416 e. The maximum atomic E-state index is 13.3. The van der Waals surface area contributed by atoms with Crippen LogP contribution in [0.25, 0.3) is 21.8 Å². The number of H-pyrrole nitrogens is 2. The third-order valence-corrected chi connectivity index (χ3v) is 17.0. The molecule has 6 aliphatic rings. The van der Waals surface area contributed by atoms with Crippen LogP contribution in [0.5, 0.6) is 0 Å². The highest BCUT2D eigenvalue weighted by atomic mass is 19.4. The molecule has 8 atom stereocenters. The normalized spacial score (nSPS) is 31.0. The van der Waals surface area contributed by atoms with Gasteiger partial charge in [0.25, 0.3) is 0 Å². The van der Waals surface area contributed by atoms with Crippen LogP contribution in [-0.4, -0.2) is 117 Å². The molecule has 0 amide bonds. The van der Waals surface area contributed by atoms with Gasteiger partial charge in [0.1, 0.15) is 11.1 Å². The van der Waals surface area contributed by atoms with E-state index >= 15 is 0 Å². The molecule has 354 valence electrons. The van der Waals surface area contributed by atoms with Gasteiger partial charge in [0.2, 0.25) is 0 Å². The molecule has 5 N–H and O–H groups in total. The fourth-order valence-electron chi connectivity index (χ4n) is 13.2. The predicted molar refractivity (Wildman–Crippen MR) is 236 cm³/mol. The topological polar surface area (TPSA) is 128 Å². The van der Waals surface area contributed by atoms with Crippen LogP contribution in [0, 0.1) is 23.7 Å². The van der Waals surface area contributed by atoms with Gasteiger partial charge in [-0.2, -0.15) is 26.3 Å². The molecule has 16 heteroatoms. The monoisotopic (exact) mass is 912 g/mol. The second-order valence-electron chi connectivity index (χ2n) is 20.3. The van der Waals surface area contributed by atoms with Crippen LogP contribution in [-0.2, 0) is 34.8 Å². The van der Waals surface area contributed by atoms with E-state index < -0.39 is 46.5 Å². The molecule has 2 aliphatic carbocycles. The van der Waals surface area contributed by atoms with E-state index in [9.17, 15) is 46.1 Å². The summed E-state index contributed by atoms with van der Waals surface area (Å²) in [5.74, 6) is 0.544. The summed E-state index contributed by atoms with van der Waals surface area (Å²) in [5, 5.41) is 24.2. The number of carboxylic acids is 2. The number of carbonyl (C=O) groups is 2. The molecule has 0 bridgehead atoms. The standard InChI is InChI=1S/C25H32F3N3O2.C24H30F3N3O2/c1-15-19-14-31(11-8-24(23(32)33)7-3-9-30(24)2)10-6-16(19)12-21-22(15)18-13-17(25(26,27)28)4-5-20(18)29-21;1-14-18-13-30(10-7-23(22(31)32)6-2-8-28-23)9-5-15(18)11-20-21(14)17-12-16(24(25,26)27)3-4-19(17)29-20/h4-5,13,15-16,19,29H,3,6-12,14H2,1-2H3,(H,32,33);3-4,12,14-15,18,28-29H,2,5-11,13H2,1H3,(H,31,32)/t15-,16-,19-,24?;14-,15-,18-,23?/m11/s1. The second kappa shape index (κ2) is 17.2. The van der Waals surface area contributed by atoms with Crippen LogP contribution in [0.4, 0.5) is 26.3 Å². The number of aromatic amines is 2. The van der Waals surface area contributed by atoms with E-state index in [2.05, 4.69) is 38.9 Å². The van der Waals surface area contributed by atoms with Gasteiger partial charge in [0, 0.05) is 59.4 Å². The first kappa shape index (κ1) is 46.0. The summed E-state index contributed by atoms with van der Waals surface area (Å²) in [6.45, 7) is 11.0. The Morgan fingerprint density at radius 3 is 1.63 bits per heavy atom. The highest BCUT2D eigenvalue weighted by molar-refractivity contribution is 5.87. The second-order valence-corrected chi connectivity index (χ2v) is 20.3. The van der Waals surface area contributed by atoms with Crippen molar-refractivity contribution < 1.29 is 46.1 Å². The van der Waals surface area contributed by atoms with Crippen LogP contribution < -0.4 is 5.32 Å². The quantitative estimate of drug-likeness (QED) is 0.111. The number of likely N-dealkylation sites (tertiary alicyclic amines) is 3. The zero-order valence-corrected chi connectivity index (χ0v) is 37.5. The van der Waals surface area contributed by atoms with Crippen molar-refractivity contribution in [2.45, 2.75) is 113 Å². The van der Waals surface area contributed by atoms with Crippen LogP contribution in [0.15, 0.2) is 36.4 Å². The van der Waals surface area contributed by atoms with E-state index in [-0.39, 0.29) is 11.8 Å². The number of alkyl halides is 6. The van der Waals surface area contributed by atoms with Crippen LogP contribution in [0.3, 0.4) is 0 Å². The number of aromatic nitrogens is 2. The smallest absolute Gasteiger partial charge is 0.416 e. The number of carboxylic acid groups (broad SMARTS) is 2. The minimum Gasteiger partial charge on any atom is -0.480 e. The molecule has 10 nitrogen and oxygen atoms in total. The predicted octanol–water partition coefficient (Wildman–Crippen LogP) is 9.10. The van der Waals surface area contributed by atoms with Gasteiger partial charge in [-0.25, -0.2) is 0 Å². The molecular weight excluding hydrogens is 851 g/mol. The van der Waals surface area contributed by atoms with Crippen LogP contribution in [0.2, 0.25) is 0 Å². The first-order valence-electron chi connectivity index (χ1n) is 23.6. The van der Waals surface area contributed by atoms with Crippen molar-refractivity contribution in [2.24, 2.45) is 23.7 Å². The Labute approximate surface area is 375 Å². The summed E-state index contributed by atoms with van der Waals surface area (Å²) in [4.78, 5) is 37.4. The number of nitrogens with zero attached hydrogens (tertiary/aromatic N) is 3. The largest absolute Gasteiger partial charge is 0.480 e. The van der Waals surface area contributed by atoms with E-state index in [4.69, 9.17) is 0 Å². The Morgan fingerprint density at radius 1 is 0.708 bits per heavy atom. The van der Waals surface area contributed by atoms with E-state index in [1.807, 2.05) is 11.9 Å². The highest BCUT2D eigenvalue weighted by Crippen LogP contribution is 2.49. The molecule has 4 saturated heterocycles. The van der Waals surface area contributed by atoms with Crippen molar-refractivity contribution in [1.82, 2.24) is 30.0 Å². The van der Waals surface area contributed by atoms with Gasteiger partial charge in [0.15, 0.2) is 0 Å². The Bertz CT molecular complexity index is 2420. The van der Waals surface area contributed by atoms with Crippen molar-refractivity contribution >= 4 is 33.7 Å². The molecule has 6 heterocycles. The van der Waals surface area contributed by atoms with Crippen molar-refractivity contribution in [3.05, 3.63) is 70.0 Å². The fraction of sp³-hybridized carbons (Fsp3) is 0.633. The lowest BCUT2D eigenvalue weighted by Crippen LogP contribution is -2.52. The molecule has 4 aliphatic heterocycles. The maximum absolute atomic E-state index is 13.3. The van der Waals surface area contributed by atoms with E-state index in [0.717, 1.165) is 137 Å². The number of benzene rings is 2. The molecule has 10 rings (SSSR count). The summed E-state index contributed by atoms with van der Waals surface area (Å²) in [7, 11) is 1.91. The minimum absolute atomic E-state index is 0.154. The number of aliphatic carboxylic acids is 2. The molecule has 0 saturated carbocycles. The van der Waals surface area contributed by atoms with Gasteiger partial charge in [-0.15, -0.1) is 0 Å². The van der Waals surface area contributed by atoms with Crippen LogP contribution >= 0.6 is 0 Å². The number of halogens is 6. The Hall–Kier alpha value is -4.12. The Balaban J connectivity index is 0.000000164. The third kappa shape index (κ3) is 8.47. The Kier molecular flexibility index (Phi) is 12.2. The number of fused-ring (bicyclic) bond motifs is 8. The average molecular weight is 913 g/mol. The van der Waals surface area contributed by atoms with E-state index in [1.54, 1.807) is 12.1 Å². The summed E-state index contributed by atoms with van der Waals surface area (Å²) in [6.07, 6.45) is -0.551. The number of likely N-dealkylation sites (N-methyl/N-ethyl adjacent to an activating group) is 1. The molecule has 0 spiro atoms. The SMILES string of the molecule is C[C@H]1c2c([nH]c3ccc(C(F)(F)F)cc23)C[C@H]2CCN(CCC3(C(=O)O)CCCN3)C[C@@H]21.C[C@H]1c2c([nH]c3ccc(C(F)(F)F)cc23)C[C@H]2CCN(CCC3(C(=O)O)CCCN3C)C[C@@H]21. The van der Waals surface area contributed by atoms with Crippen LogP contribution in [0.1, 0.15) is 111 Å². The van der Waals surface area contributed by atoms with Gasteiger partial charge in [-0.05, 0) is 180 Å². The summed E-state index contributed by atoms with van der Waals surface area (Å²) >= 11 is 0. The summed E-state index contributed by atoms with van der Waals surface area (Å²) < 4.78 is 79.9. The first-order valence-corrected chi connectivity index (χ1v) is 23.6. The van der Waals surface area contributed by atoms with Crippen molar-refractivity contribution in [3.63, 3.8) is 0 Å². The molecular formula is C49H62F6N6O4. The molecule has 2 aromatic heterocycles. The zero-order valence-electron chi connectivity index (χ0n) is 37.5. The summed E-state index contributed by atoms with van der Waals surface area (Å²) in [5.41, 5.74) is 3.02. The first-order chi connectivity index (χ1) is 30.8. The molecule has 4 fully saturated rings. The highest BCUT2D eigenvalue weighted by Gasteiger charge is 2.48. The number of nitrogens with one attached hydrogen (secondary N) is 3. The molecule has 2 unspecified atom stereocenters. The zero-order chi connectivity index (χ0) is 46.2. The number of hydrogen-bond donors (Lipinski definition) is 5. The molecule has 4 aromatic rings. The van der Waals surface area contributed by atoms with Crippen molar-refractivity contribution in [1.29, 1.82) is 0 Å². The number of hydrogen-bond acceptors (Lipinski definition) is 6.